The minimum Gasteiger partial charge on any atom is -0.508 e. The van der Waals surface area contributed by atoms with Crippen LogP contribution in [0.1, 0.15) is 48.1 Å². The van der Waals surface area contributed by atoms with Gasteiger partial charge in [0.1, 0.15) is 5.75 Å². The van der Waals surface area contributed by atoms with Crippen molar-refractivity contribution in [2.75, 3.05) is 5.32 Å². The van der Waals surface area contributed by atoms with Gasteiger partial charge in [-0.25, -0.2) is 0 Å². The minimum absolute atomic E-state index is 0.117. The third-order valence-corrected chi connectivity index (χ3v) is 4.88. The van der Waals surface area contributed by atoms with Crippen molar-refractivity contribution < 1.29 is 14.7 Å². The van der Waals surface area contributed by atoms with E-state index in [1.165, 1.54) is 36.1 Å². The Morgan fingerprint density at radius 2 is 1.73 bits per heavy atom. The Morgan fingerprint density at radius 3 is 2.46 bits per heavy atom. The number of carbonyl (C=O) groups is 2. The van der Waals surface area contributed by atoms with Crippen molar-refractivity contribution in [1.82, 2.24) is 5.32 Å². The summed E-state index contributed by atoms with van der Waals surface area (Å²) in [6.07, 6.45) is 4.62. The maximum absolute atomic E-state index is 12.2. The maximum Gasteiger partial charge on any atom is 0.313 e. The molecular weight excluding hydrogens is 328 g/mol. The smallest absolute Gasteiger partial charge is 0.313 e. The number of rotatable bonds is 3. The van der Waals surface area contributed by atoms with Gasteiger partial charge in [-0.2, -0.15) is 0 Å². The van der Waals surface area contributed by atoms with Crippen LogP contribution in [0.15, 0.2) is 36.4 Å². The van der Waals surface area contributed by atoms with Crippen LogP contribution in [0.2, 0.25) is 0 Å². The molecule has 0 fully saturated rings. The molecule has 5 nitrogen and oxygen atoms in total. The number of phenolic OH excluding ortho intramolecular Hbond substituents is 1. The van der Waals surface area contributed by atoms with Gasteiger partial charge in [0.05, 0.1) is 6.04 Å². The molecule has 0 radical (unpaired) electrons. The zero-order chi connectivity index (χ0) is 18.7. The summed E-state index contributed by atoms with van der Waals surface area (Å²) in [6.45, 7) is 3.63. The van der Waals surface area contributed by atoms with Gasteiger partial charge in [-0.05, 0) is 80.0 Å². The van der Waals surface area contributed by atoms with E-state index in [2.05, 4.69) is 22.8 Å². The summed E-state index contributed by atoms with van der Waals surface area (Å²) in [7, 11) is 0. The molecule has 136 valence electrons. The molecule has 0 saturated heterocycles. The van der Waals surface area contributed by atoms with E-state index in [-0.39, 0.29) is 11.8 Å². The molecule has 2 amide bonds. The lowest BCUT2D eigenvalue weighted by molar-refractivity contribution is -0.136. The van der Waals surface area contributed by atoms with Gasteiger partial charge < -0.3 is 15.7 Å². The molecule has 0 bridgehead atoms. The number of anilines is 1. The van der Waals surface area contributed by atoms with E-state index >= 15 is 0 Å². The quantitative estimate of drug-likeness (QED) is 0.585. The fourth-order valence-electron chi connectivity index (χ4n) is 3.34. The SMILES string of the molecule is Cc1cc(O)ccc1NC(=O)C(=O)NC(C)c1ccc2c(c1)CCCC2. The van der Waals surface area contributed by atoms with Crippen LogP contribution >= 0.6 is 0 Å². The topological polar surface area (TPSA) is 78.4 Å². The number of hydrogen-bond donors (Lipinski definition) is 3. The first-order chi connectivity index (χ1) is 12.4. The van der Waals surface area contributed by atoms with E-state index in [1.807, 2.05) is 13.0 Å². The van der Waals surface area contributed by atoms with Crippen molar-refractivity contribution in [2.45, 2.75) is 45.6 Å². The summed E-state index contributed by atoms with van der Waals surface area (Å²) < 4.78 is 0. The third kappa shape index (κ3) is 4.04. The largest absolute Gasteiger partial charge is 0.508 e. The van der Waals surface area contributed by atoms with Crippen LogP contribution in [0.5, 0.6) is 5.75 Å². The number of phenols is 1. The molecule has 1 aliphatic rings. The number of nitrogens with one attached hydrogen (secondary N) is 2. The van der Waals surface area contributed by atoms with Gasteiger partial charge in [0.25, 0.3) is 0 Å². The van der Waals surface area contributed by atoms with Gasteiger partial charge in [-0.15, -0.1) is 0 Å². The van der Waals surface area contributed by atoms with Crippen molar-refractivity contribution in [2.24, 2.45) is 0 Å². The Kier molecular flexibility index (Phi) is 5.26. The number of fused-ring (bicyclic) bond motifs is 1. The first-order valence-corrected chi connectivity index (χ1v) is 8.97. The van der Waals surface area contributed by atoms with Gasteiger partial charge in [0.2, 0.25) is 0 Å². The fraction of sp³-hybridized carbons (Fsp3) is 0.333. The molecule has 1 aliphatic carbocycles. The van der Waals surface area contributed by atoms with Gasteiger partial charge in [0, 0.05) is 5.69 Å². The lowest BCUT2D eigenvalue weighted by Crippen LogP contribution is -2.37. The standard InChI is InChI=1S/C21H24N2O3/c1-13-11-18(24)9-10-19(13)23-21(26)20(25)22-14(2)16-8-7-15-5-3-4-6-17(15)12-16/h7-12,14,24H,3-6H2,1-2H3,(H,22,25)(H,23,26). The second kappa shape index (κ2) is 7.60. The van der Waals surface area contributed by atoms with E-state index in [4.69, 9.17) is 0 Å². The Balaban J connectivity index is 1.64. The van der Waals surface area contributed by atoms with Crippen molar-refractivity contribution >= 4 is 17.5 Å². The Labute approximate surface area is 153 Å². The molecule has 3 rings (SSSR count). The molecule has 0 aromatic heterocycles. The third-order valence-electron chi connectivity index (χ3n) is 4.88. The van der Waals surface area contributed by atoms with E-state index in [0.29, 0.717) is 11.3 Å². The molecule has 2 aromatic rings. The summed E-state index contributed by atoms with van der Waals surface area (Å²) in [6, 6.07) is 10.6. The average Bonchev–Trinajstić information content (AvgIpc) is 2.63. The Bertz CT molecular complexity index is 845. The molecule has 0 heterocycles. The first kappa shape index (κ1) is 18.0. The second-order valence-corrected chi connectivity index (χ2v) is 6.88. The number of aryl methyl sites for hydroxylation is 3. The van der Waals surface area contributed by atoms with Crippen LogP contribution < -0.4 is 10.6 Å². The van der Waals surface area contributed by atoms with Gasteiger partial charge >= 0.3 is 11.8 Å². The zero-order valence-electron chi connectivity index (χ0n) is 15.1. The molecule has 26 heavy (non-hydrogen) atoms. The molecule has 0 spiro atoms. The molecular formula is C21H24N2O3. The lowest BCUT2D eigenvalue weighted by Gasteiger charge is -2.20. The van der Waals surface area contributed by atoms with E-state index in [1.54, 1.807) is 13.0 Å². The summed E-state index contributed by atoms with van der Waals surface area (Å²) in [5.74, 6) is -1.28. The number of carbonyl (C=O) groups excluding carboxylic acids is 2. The Hall–Kier alpha value is -2.82. The monoisotopic (exact) mass is 352 g/mol. The highest BCUT2D eigenvalue weighted by atomic mass is 16.3. The highest BCUT2D eigenvalue weighted by Crippen LogP contribution is 2.25. The lowest BCUT2D eigenvalue weighted by atomic mass is 9.89. The van der Waals surface area contributed by atoms with Crippen molar-refractivity contribution in [3.63, 3.8) is 0 Å². The predicted molar refractivity (Wildman–Crippen MR) is 101 cm³/mol. The molecule has 2 aromatic carbocycles. The van der Waals surface area contributed by atoms with Crippen LogP contribution in [-0.4, -0.2) is 16.9 Å². The van der Waals surface area contributed by atoms with E-state index in [0.717, 1.165) is 18.4 Å². The van der Waals surface area contributed by atoms with Crippen molar-refractivity contribution in [1.29, 1.82) is 0 Å². The van der Waals surface area contributed by atoms with Gasteiger partial charge in [-0.3, -0.25) is 9.59 Å². The van der Waals surface area contributed by atoms with E-state index < -0.39 is 11.8 Å². The molecule has 1 atom stereocenters. The van der Waals surface area contributed by atoms with Crippen LogP contribution in [0.4, 0.5) is 5.69 Å². The number of aromatic hydroxyl groups is 1. The molecule has 0 aliphatic heterocycles. The van der Waals surface area contributed by atoms with Crippen molar-refractivity contribution in [3.8, 4) is 5.75 Å². The Morgan fingerprint density at radius 1 is 1.00 bits per heavy atom. The van der Waals surface area contributed by atoms with Gasteiger partial charge in [0.15, 0.2) is 0 Å². The van der Waals surface area contributed by atoms with Crippen LogP contribution in [0, 0.1) is 6.92 Å². The second-order valence-electron chi connectivity index (χ2n) is 6.88. The highest BCUT2D eigenvalue weighted by molar-refractivity contribution is 6.39. The first-order valence-electron chi connectivity index (χ1n) is 8.97. The summed E-state index contributed by atoms with van der Waals surface area (Å²) in [5, 5.41) is 14.8. The summed E-state index contributed by atoms with van der Waals surface area (Å²) in [5.41, 5.74) is 4.93. The molecule has 0 saturated carbocycles. The average molecular weight is 352 g/mol. The predicted octanol–water partition coefficient (Wildman–Crippen LogP) is 3.40. The highest BCUT2D eigenvalue weighted by Gasteiger charge is 2.19. The minimum atomic E-state index is -0.719. The summed E-state index contributed by atoms with van der Waals surface area (Å²) in [4.78, 5) is 24.4. The fourth-order valence-corrected chi connectivity index (χ4v) is 3.34. The number of benzene rings is 2. The maximum atomic E-state index is 12.2. The van der Waals surface area contributed by atoms with Crippen LogP contribution in [0.3, 0.4) is 0 Å². The van der Waals surface area contributed by atoms with Crippen molar-refractivity contribution in [3.05, 3.63) is 58.7 Å². The molecule has 3 N–H and O–H groups in total. The molecule has 5 heteroatoms. The number of hydrogen-bond acceptors (Lipinski definition) is 3. The van der Waals surface area contributed by atoms with Gasteiger partial charge in [-0.1, -0.05) is 18.2 Å². The number of amides is 2. The van der Waals surface area contributed by atoms with E-state index in [9.17, 15) is 14.7 Å². The summed E-state index contributed by atoms with van der Waals surface area (Å²) >= 11 is 0. The zero-order valence-corrected chi connectivity index (χ0v) is 15.1. The molecule has 1 unspecified atom stereocenters. The van der Waals surface area contributed by atoms with Crippen LogP contribution in [0.25, 0.3) is 0 Å². The normalized spacial score (nSPS) is 14.2. The van der Waals surface area contributed by atoms with Crippen LogP contribution in [-0.2, 0) is 22.4 Å².